The monoisotopic (exact) mass is 146 g/mol. The third kappa shape index (κ3) is 5.89. The lowest BCUT2D eigenvalue weighted by atomic mass is 10.3. The first-order valence-electron chi connectivity index (χ1n) is 3.03. The standard InChI is InChI=1S/C6H14N2S/c1-3-8-4-6(2)5-9-7/h5,8H,3-4,7H2,1-2H3/b6-5+. The fourth-order valence-electron chi connectivity index (χ4n) is 0.480. The summed E-state index contributed by atoms with van der Waals surface area (Å²) >= 11 is 1.26. The van der Waals surface area contributed by atoms with Gasteiger partial charge in [0.2, 0.25) is 0 Å². The van der Waals surface area contributed by atoms with Crippen LogP contribution in [0.2, 0.25) is 0 Å². The Labute approximate surface area is 61.0 Å². The average molecular weight is 146 g/mol. The van der Waals surface area contributed by atoms with Crippen LogP contribution in [-0.4, -0.2) is 13.1 Å². The first kappa shape index (κ1) is 9.01. The summed E-state index contributed by atoms with van der Waals surface area (Å²) in [5.74, 6) is 0. The van der Waals surface area contributed by atoms with E-state index in [1.165, 1.54) is 17.5 Å². The van der Waals surface area contributed by atoms with Gasteiger partial charge in [0.05, 0.1) is 0 Å². The Balaban J connectivity index is 3.25. The van der Waals surface area contributed by atoms with Crippen LogP contribution in [0.3, 0.4) is 0 Å². The third-order valence-corrected chi connectivity index (χ3v) is 1.46. The molecule has 0 unspecified atom stereocenters. The van der Waals surface area contributed by atoms with Crippen molar-refractivity contribution in [3.05, 3.63) is 11.0 Å². The van der Waals surface area contributed by atoms with Crippen LogP contribution in [-0.2, 0) is 0 Å². The number of hydrogen-bond acceptors (Lipinski definition) is 3. The van der Waals surface area contributed by atoms with Gasteiger partial charge in [0, 0.05) is 6.54 Å². The second kappa shape index (κ2) is 6.13. The lowest BCUT2D eigenvalue weighted by molar-refractivity contribution is 0.777. The van der Waals surface area contributed by atoms with Crippen LogP contribution in [0.5, 0.6) is 0 Å². The van der Waals surface area contributed by atoms with Gasteiger partial charge >= 0.3 is 0 Å². The number of nitrogens with one attached hydrogen (secondary N) is 1. The van der Waals surface area contributed by atoms with E-state index in [1.807, 2.05) is 5.41 Å². The van der Waals surface area contributed by atoms with Gasteiger partial charge in [0.1, 0.15) is 0 Å². The summed E-state index contributed by atoms with van der Waals surface area (Å²) in [6.07, 6.45) is 0. The van der Waals surface area contributed by atoms with Gasteiger partial charge in [0.15, 0.2) is 0 Å². The summed E-state index contributed by atoms with van der Waals surface area (Å²) in [7, 11) is 0. The maximum absolute atomic E-state index is 5.21. The van der Waals surface area contributed by atoms with Crippen LogP contribution >= 0.6 is 11.9 Å². The molecule has 0 rings (SSSR count). The summed E-state index contributed by atoms with van der Waals surface area (Å²) in [5, 5.41) is 10.4. The Morgan fingerprint density at radius 1 is 1.78 bits per heavy atom. The molecule has 0 aromatic heterocycles. The van der Waals surface area contributed by atoms with Crippen molar-refractivity contribution in [1.29, 1.82) is 0 Å². The van der Waals surface area contributed by atoms with E-state index in [9.17, 15) is 0 Å². The summed E-state index contributed by atoms with van der Waals surface area (Å²) in [4.78, 5) is 0. The van der Waals surface area contributed by atoms with Gasteiger partial charge in [-0.15, -0.1) is 0 Å². The van der Waals surface area contributed by atoms with E-state index in [-0.39, 0.29) is 0 Å². The van der Waals surface area contributed by atoms with Crippen molar-refractivity contribution in [2.75, 3.05) is 13.1 Å². The number of likely N-dealkylation sites (N-methyl/N-ethyl adjacent to an activating group) is 1. The van der Waals surface area contributed by atoms with Crippen LogP contribution in [0.1, 0.15) is 13.8 Å². The third-order valence-electron chi connectivity index (χ3n) is 0.923. The highest BCUT2D eigenvalue weighted by atomic mass is 32.2. The Hall–Kier alpha value is 0.01000. The molecule has 0 aliphatic rings. The van der Waals surface area contributed by atoms with E-state index in [0.717, 1.165) is 13.1 Å². The predicted octanol–water partition coefficient (Wildman–Crippen LogP) is 1.11. The Morgan fingerprint density at radius 3 is 2.89 bits per heavy atom. The molecule has 2 nitrogen and oxygen atoms in total. The second-order valence-corrected chi connectivity index (χ2v) is 2.39. The van der Waals surface area contributed by atoms with Crippen LogP contribution in [0.4, 0.5) is 0 Å². The zero-order valence-corrected chi connectivity index (χ0v) is 6.79. The molecule has 0 heterocycles. The van der Waals surface area contributed by atoms with Crippen molar-refractivity contribution in [1.82, 2.24) is 5.32 Å². The van der Waals surface area contributed by atoms with Crippen LogP contribution in [0, 0.1) is 0 Å². The first-order chi connectivity index (χ1) is 4.31. The van der Waals surface area contributed by atoms with Crippen molar-refractivity contribution < 1.29 is 0 Å². The average Bonchev–Trinajstić information content (AvgIpc) is 1.85. The van der Waals surface area contributed by atoms with Crippen LogP contribution in [0.15, 0.2) is 11.0 Å². The molecule has 54 valence electrons. The van der Waals surface area contributed by atoms with E-state index in [2.05, 4.69) is 19.2 Å². The van der Waals surface area contributed by atoms with Crippen molar-refractivity contribution in [3.8, 4) is 0 Å². The Morgan fingerprint density at radius 2 is 2.44 bits per heavy atom. The Kier molecular flexibility index (Phi) is 6.14. The molecule has 0 aromatic rings. The van der Waals surface area contributed by atoms with Gasteiger partial charge in [-0.3, -0.25) is 5.14 Å². The van der Waals surface area contributed by atoms with Gasteiger partial charge in [-0.1, -0.05) is 24.4 Å². The first-order valence-corrected chi connectivity index (χ1v) is 3.97. The van der Waals surface area contributed by atoms with E-state index < -0.39 is 0 Å². The zero-order valence-electron chi connectivity index (χ0n) is 5.98. The van der Waals surface area contributed by atoms with Crippen molar-refractivity contribution >= 4 is 11.9 Å². The molecule has 0 aliphatic heterocycles. The van der Waals surface area contributed by atoms with E-state index in [4.69, 9.17) is 5.14 Å². The summed E-state index contributed by atoms with van der Waals surface area (Å²) < 4.78 is 0. The molecule has 3 heteroatoms. The molecule has 0 amide bonds. The molecule has 0 aliphatic carbocycles. The molecule has 0 saturated heterocycles. The normalized spacial score (nSPS) is 12.1. The minimum absolute atomic E-state index is 0.945. The quantitative estimate of drug-likeness (QED) is 0.583. The highest BCUT2D eigenvalue weighted by Crippen LogP contribution is 1.96. The van der Waals surface area contributed by atoms with E-state index in [1.54, 1.807) is 0 Å². The minimum Gasteiger partial charge on any atom is -0.313 e. The van der Waals surface area contributed by atoms with Crippen LogP contribution in [0.25, 0.3) is 0 Å². The number of rotatable bonds is 4. The van der Waals surface area contributed by atoms with Gasteiger partial charge in [-0.25, -0.2) is 0 Å². The molecule has 0 atom stereocenters. The molecular weight excluding hydrogens is 132 g/mol. The predicted molar refractivity (Wildman–Crippen MR) is 44.1 cm³/mol. The molecule has 0 radical (unpaired) electrons. The zero-order chi connectivity index (χ0) is 7.11. The van der Waals surface area contributed by atoms with Crippen molar-refractivity contribution in [2.45, 2.75) is 13.8 Å². The maximum Gasteiger partial charge on any atom is 0.0170 e. The molecule has 3 N–H and O–H groups in total. The molecule has 0 aromatic carbocycles. The topological polar surface area (TPSA) is 38.0 Å². The largest absolute Gasteiger partial charge is 0.313 e. The maximum atomic E-state index is 5.21. The highest BCUT2D eigenvalue weighted by molar-refractivity contribution is 8.00. The molecule has 0 spiro atoms. The summed E-state index contributed by atoms with van der Waals surface area (Å²) in [6.45, 7) is 6.10. The molecule has 9 heavy (non-hydrogen) atoms. The summed E-state index contributed by atoms with van der Waals surface area (Å²) in [6, 6.07) is 0. The van der Waals surface area contributed by atoms with Gasteiger partial charge in [0.25, 0.3) is 0 Å². The van der Waals surface area contributed by atoms with Crippen molar-refractivity contribution in [2.24, 2.45) is 5.14 Å². The smallest absolute Gasteiger partial charge is 0.0170 e. The SMILES string of the molecule is CCNC/C(C)=C/SN. The number of hydrogen-bond donors (Lipinski definition) is 2. The highest BCUT2D eigenvalue weighted by Gasteiger charge is 1.84. The molecule has 0 bridgehead atoms. The van der Waals surface area contributed by atoms with E-state index in [0.29, 0.717) is 0 Å². The van der Waals surface area contributed by atoms with Crippen molar-refractivity contribution in [3.63, 3.8) is 0 Å². The number of nitrogens with two attached hydrogens (primary N) is 1. The van der Waals surface area contributed by atoms with Gasteiger partial charge < -0.3 is 5.32 Å². The van der Waals surface area contributed by atoms with Crippen LogP contribution < -0.4 is 10.5 Å². The van der Waals surface area contributed by atoms with Gasteiger partial charge in [-0.05, 0) is 18.9 Å². The fourth-order valence-corrected chi connectivity index (χ4v) is 0.796. The lowest BCUT2D eigenvalue weighted by Crippen LogP contribution is -2.14. The Bertz CT molecular complexity index is 91.1. The molecular formula is C6H14N2S. The van der Waals surface area contributed by atoms with Gasteiger partial charge in [-0.2, -0.15) is 0 Å². The molecule has 0 fully saturated rings. The fraction of sp³-hybridized carbons (Fsp3) is 0.667. The van der Waals surface area contributed by atoms with E-state index >= 15 is 0 Å². The minimum atomic E-state index is 0.945. The lowest BCUT2D eigenvalue weighted by Gasteiger charge is -1.98. The summed E-state index contributed by atoms with van der Waals surface area (Å²) in [5.41, 5.74) is 1.28. The second-order valence-electron chi connectivity index (χ2n) is 1.88. The molecule has 0 saturated carbocycles.